The van der Waals surface area contributed by atoms with Crippen molar-refractivity contribution >= 4 is 29.6 Å². The van der Waals surface area contributed by atoms with Crippen LogP contribution in [0.25, 0.3) is 0 Å². The van der Waals surface area contributed by atoms with Gasteiger partial charge in [-0.25, -0.2) is 4.79 Å². The molecule has 0 saturated carbocycles. The van der Waals surface area contributed by atoms with Crippen molar-refractivity contribution in [1.29, 1.82) is 0 Å². The second-order valence-electron chi connectivity index (χ2n) is 9.58. The Morgan fingerprint density at radius 2 is 1.69 bits per heavy atom. The fraction of sp³-hybridized carbons (Fsp3) is 0.560. The van der Waals surface area contributed by atoms with Gasteiger partial charge < -0.3 is 32.1 Å². The predicted octanol–water partition coefficient (Wildman–Crippen LogP) is -0.0868. The summed E-state index contributed by atoms with van der Waals surface area (Å²) in [5.41, 5.74) is 11.8. The van der Waals surface area contributed by atoms with E-state index in [9.17, 15) is 29.1 Å². The minimum Gasteiger partial charge on any atom is -0.480 e. The van der Waals surface area contributed by atoms with E-state index in [0.29, 0.717) is 25.8 Å². The Kier molecular flexibility index (Phi) is 10.8. The maximum atomic E-state index is 13.4. The Morgan fingerprint density at radius 3 is 2.28 bits per heavy atom. The number of likely N-dealkylation sites (tertiary alicyclic amines) is 1. The first kappa shape index (κ1) is 28.8. The summed E-state index contributed by atoms with van der Waals surface area (Å²) in [6.07, 6.45) is 1.33. The molecule has 4 atom stereocenters. The lowest BCUT2D eigenvalue weighted by Gasteiger charge is -2.30. The lowest BCUT2D eigenvalue weighted by Crippen LogP contribution is -2.58. The molecule has 2 rings (SSSR count). The number of rotatable bonds is 13. The largest absolute Gasteiger partial charge is 0.480 e. The van der Waals surface area contributed by atoms with Gasteiger partial charge in [0.1, 0.15) is 18.1 Å². The van der Waals surface area contributed by atoms with Crippen LogP contribution in [-0.4, -0.2) is 70.3 Å². The van der Waals surface area contributed by atoms with Crippen LogP contribution in [0.1, 0.15) is 51.5 Å². The van der Waals surface area contributed by atoms with Gasteiger partial charge in [0.15, 0.2) is 0 Å². The van der Waals surface area contributed by atoms with Crippen molar-refractivity contribution in [3.63, 3.8) is 0 Å². The number of primary amides is 1. The molecule has 0 aliphatic carbocycles. The topological polar surface area (TPSA) is 185 Å². The van der Waals surface area contributed by atoms with Gasteiger partial charge in [-0.1, -0.05) is 44.2 Å². The second-order valence-corrected chi connectivity index (χ2v) is 9.58. The number of hydrogen-bond donors (Lipinski definition) is 5. The van der Waals surface area contributed by atoms with E-state index in [2.05, 4.69) is 10.6 Å². The van der Waals surface area contributed by atoms with Gasteiger partial charge in [0.2, 0.25) is 23.6 Å². The Morgan fingerprint density at radius 1 is 1.06 bits per heavy atom. The molecule has 11 nitrogen and oxygen atoms in total. The first-order valence-electron chi connectivity index (χ1n) is 12.2. The number of carboxylic acids is 1. The summed E-state index contributed by atoms with van der Waals surface area (Å²) in [7, 11) is 0. The van der Waals surface area contributed by atoms with E-state index in [1.165, 1.54) is 4.90 Å². The summed E-state index contributed by atoms with van der Waals surface area (Å²) < 4.78 is 0. The number of carboxylic acid groups (broad SMARTS) is 1. The van der Waals surface area contributed by atoms with Gasteiger partial charge in [0.25, 0.3) is 0 Å². The van der Waals surface area contributed by atoms with Crippen molar-refractivity contribution in [2.75, 3.05) is 6.54 Å². The number of carbonyl (C=O) groups excluding carboxylic acids is 4. The third kappa shape index (κ3) is 8.63. The minimum atomic E-state index is -1.07. The summed E-state index contributed by atoms with van der Waals surface area (Å²) in [6.45, 7) is 4.09. The quantitative estimate of drug-likeness (QED) is 0.249. The number of benzene rings is 1. The normalized spacial score (nSPS) is 17.8. The number of hydrogen-bond acceptors (Lipinski definition) is 6. The fourth-order valence-electron chi connectivity index (χ4n) is 4.22. The van der Waals surface area contributed by atoms with Crippen LogP contribution in [0.4, 0.5) is 0 Å². The lowest BCUT2D eigenvalue weighted by molar-refractivity contribution is -0.149. The zero-order valence-electron chi connectivity index (χ0n) is 20.8. The number of aliphatic carboxylic acids is 1. The monoisotopic (exact) mass is 503 g/mol. The molecular weight excluding hydrogens is 466 g/mol. The molecule has 7 N–H and O–H groups in total. The number of carbonyl (C=O) groups is 5. The summed E-state index contributed by atoms with van der Waals surface area (Å²) in [6, 6.07) is 5.07. The highest BCUT2D eigenvalue weighted by Crippen LogP contribution is 2.20. The molecule has 0 spiro atoms. The SMILES string of the molecule is CC(C)CC(NC(=O)C(Cc1ccccc1)NC(=O)C(N)CCC(N)=O)C(=O)N1CCCC1C(=O)O. The Bertz CT molecular complexity index is 938. The van der Waals surface area contributed by atoms with E-state index in [-0.39, 0.29) is 25.2 Å². The van der Waals surface area contributed by atoms with Gasteiger partial charge >= 0.3 is 5.97 Å². The molecule has 1 aromatic carbocycles. The van der Waals surface area contributed by atoms with Crippen LogP contribution in [-0.2, 0) is 30.4 Å². The van der Waals surface area contributed by atoms with Crippen LogP contribution in [0.15, 0.2) is 30.3 Å². The molecule has 1 saturated heterocycles. The second kappa shape index (κ2) is 13.6. The average Bonchev–Trinajstić information content (AvgIpc) is 3.31. The summed E-state index contributed by atoms with van der Waals surface area (Å²) in [5, 5.41) is 14.9. The molecule has 1 aliphatic heterocycles. The predicted molar refractivity (Wildman–Crippen MR) is 132 cm³/mol. The highest BCUT2D eigenvalue weighted by atomic mass is 16.4. The van der Waals surface area contributed by atoms with Gasteiger partial charge in [-0.15, -0.1) is 0 Å². The molecule has 36 heavy (non-hydrogen) atoms. The Balaban J connectivity index is 2.21. The van der Waals surface area contributed by atoms with Crippen molar-refractivity contribution in [1.82, 2.24) is 15.5 Å². The zero-order valence-corrected chi connectivity index (χ0v) is 20.8. The molecule has 4 unspecified atom stereocenters. The first-order chi connectivity index (χ1) is 17.0. The molecule has 0 bridgehead atoms. The van der Waals surface area contributed by atoms with Crippen molar-refractivity contribution in [3.8, 4) is 0 Å². The highest BCUT2D eigenvalue weighted by Gasteiger charge is 2.38. The summed E-state index contributed by atoms with van der Waals surface area (Å²) in [5.74, 6) is -3.29. The van der Waals surface area contributed by atoms with Crippen LogP contribution in [0.3, 0.4) is 0 Å². The molecule has 1 fully saturated rings. The van der Waals surface area contributed by atoms with Crippen LogP contribution >= 0.6 is 0 Å². The fourth-order valence-corrected chi connectivity index (χ4v) is 4.22. The van der Waals surface area contributed by atoms with E-state index in [1.54, 1.807) is 24.3 Å². The van der Waals surface area contributed by atoms with Crippen molar-refractivity contribution in [3.05, 3.63) is 35.9 Å². The average molecular weight is 504 g/mol. The molecule has 0 radical (unpaired) electrons. The Labute approximate surface area is 211 Å². The summed E-state index contributed by atoms with van der Waals surface area (Å²) in [4.78, 5) is 63.3. The van der Waals surface area contributed by atoms with Crippen molar-refractivity contribution in [2.45, 2.75) is 76.5 Å². The van der Waals surface area contributed by atoms with E-state index >= 15 is 0 Å². The molecule has 1 heterocycles. The van der Waals surface area contributed by atoms with E-state index in [1.807, 2.05) is 19.9 Å². The molecule has 1 aromatic rings. The standard InChI is InChI=1S/C25H37N5O6/c1-15(2)13-19(24(34)30-12-6-9-20(30)25(35)36)29-23(33)18(14-16-7-4-3-5-8-16)28-22(32)17(26)10-11-21(27)31/h3-5,7-8,15,17-20H,6,9-14,26H2,1-2H3,(H2,27,31)(H,28,32)(H,29,33)(H,35,36). The van der Waals surface area contributed by atoms with Crippen LogP contribution < -0.4 is 22.1 Å². The van der Waals surface area contributed by atoms with Crippen molar-refractivity contribution < 1.29 is 29.1 Å². The molecule has 198 valence electrons. The summed E-state index contributed by atoms with van der Waals surface area (Å²) >= 11 is 0. The van der Waals surface area contributed by atoms with E-state index in [0.717, 1.165) is 5.56 Å². The zero-order chi connectivity index (χ0) is 26.8. The molecule has 4 amide bonds. The van der Waals surface area contributed by atoms with Gasteiger partial charge in [-0.05, 0) is 37.2 Å². The number of nitrogens with zero attached hydrogens (tertiary/aromatic N) is 1. The highest BCUT2D eigenvalue weighted by molar-refractivity contribution is 5.94. The number of nitrogens with one attached hydrogen (secondary N) is 2. The Hall–Kier alpha value is -3.47. The van der Waals surface area contributed by atoms with Crippen LogP contribution in [0.2, 0.25) is 0 Å². The van der Waals surface area contributed by atoms with Crippen LogP contribution in [0, 0.1) is 5.92 Å². The molecule has 1 aliphatic rings. The van der Waals surface area contributed by atoms with E-state index in [4.69, 9.17) is 11.5 Å². The molecular formula is C25H37N5O6. The van der Waals surface area contributed by atoms with E-state index < -0.39 is 53.8 Å². The third-order valence-electron chi connectivity index (χ3n) is 6.10. The number of amides is 4. The lowest BCUT2D eigenvalue weighted by atomic mass is 10.00. The van der Waals surface area contributed by atoms with Gasteiger partial charge in [-0.3, -0.25) is 19.2 Å². The van der Waals surface area contributed by atoms with Gasteiger partial charge in [0.05, 0.1) is 6.04 Å². The van der Waals surface area contributed by atoms with Gasteiger partial charge in [-0.2, -0.15) is 0 Å². The maximum Gasteiger partial charge on any atom is 0.326 e. The minimum absolute atomic E-state index is 0.0286. The van der Waals surface area contributed by atoms with Crippen LogP contribution in [0.5, 0.6) is 0 Å². The number of nitrogens with two attached hydrogens (primary N) is 2. The maximum absolute atomic E-state index is 13.4. The molecule has 11 heteroatoms. The third-order valence-corrected chi connectivity index (χ3v) is 6.10. The first-order valence-corrected chi connectivity index (χ1v) is 12.2. The van der Waals surface area contributed by atoms with Gasteiger partial charge in [0, 0.05) is 19.4 Å². The van der Waals surface area contributed by atoms with Crippen molar-refractivity contribution in [2.24, 2.45) is 17.4 Å². The molecule has 0 aromatic heterocycles. The smallest absolute Gasteiger partial charge is 0.326 e.